The standard InChI is InChI=1S/C11H8N2O.CH3.ClH.Pd/c14-11(9-5-1-3-7-12-9)10-6-2-4-8-13-10;;;/h1-8H;1H3;1H;/q;-1;;+2/p-1. The summed E-state index contributed by atoms with van der Waals surface area (Å²) in [5.41, 5.74) is 0.845. The maximum absolute atomic E-state index is 11.7. The summed E-state index contributed by atoms with van der Waals surface area (Å²) in [7, 11) is 4.49. The number of halogens is 1. The average Bonchev–Trinajstić information content (AvgIpc) is 2.42. The second kappa shape index (κ2) is 9.00. The summed E-state index contributed by atoms with van der Waals surface area (Å²) in [6.07, 6.45) is 3.19. The summed E-state index contributed by atoms with van der Waals surface area (Å²) in [4.78, 5) is 19.7. The monoisotopic (exact) mass is 340 g/mol. The number of hydrogen-bond acceptors (Lipinski definition) is 3. The number of pyridine rings is 2. The van der Waals surface area contributed by atoms with Gasteiger partial charge in [-0.05, 0) is 24.3 Å². The molecular formula is C12H11ClN2OPd. The Balaban J connectivity index is 0.000000811. The second-order valence-electron chi connectivity index (χ2n) is 2.76. The van der Waals surface area contributed by atoms with Gasteiger partial charge in [-0.2, -0.15) is 0 Å². The van der Waals surface area contributed by atoms with E-state index in [1.54, 1.807) is 48.8 Å². The van der Waals surface area contributed by atoms with Crippen molar-refractivity contribution in [3.63, 3.8) is 0 Å². The Morgan fingerprint density at radius 3 is 1.65 bits per heavy atom. The van der Waals surface area contributed by atoms with Gasteiger partial charge < -0.3 is 7.43 Å². The van der Waals surface area contributed by atoms with Crippen LogP contribution >= 0.6 is 9.53 Å². The van der Waals surface area contributed by atoms with E-state index in [2.05, 4.69) is 37.7 Å². The van der Waals surface area contributed by atoms with Crippen molar-refractivity contribution in [3.8, 4) is 0 Å². The van der Waals surface area contributed by atoms with Crippen LogP contribution in [0, 0.1) is 7.43 Å². The molecule has 0 N–H and O–H groups in total. The Bertz CT molecular complexity index is 395. The summed E-state index contributed by atoms with van der Waals surface area (Å²) in [5, 5.41) is 0. The first-order valence-corrected chi connectivity index (χ1v) is 6.37. The van der Waals surface area contributed by atoms with Crippen LogP contribution in [0.25, 0.3) is 0 Å². The Hall–Kier alpha value is -1.08. The fourth-order valence-corrected chi connectivity index (χ4v) is 1.13. The van der Waals surface area contributed by atoms with E-state index in [1.165, 1.54) is 0 Å². The molecule has 2 rings (SSSR count). The molecule has 17 heavy (non-hydrogen) atoms. The molecule has 3 nitrogen and oxygen atoms in total. The molecule has 0 atom stereocenters. The van der Waals surface area contributed by atoms with Crippen molar-refractivity contribution in [2.75, 3.05) is 0 Å². The van der Waals surface area contributed by atoms with Gasteiger partial charge >= 0.3 is 27.7 Å². The van der Waals surface area contributed by atoms with Gasteiger partial charge in [-0.1, -0.05) is 12.1 Å². The van der Waals surface area contributed by atoms with Gasteiger partial charge in [-0.3, -0.25) is 14.8 Å². The van der Waals surface area contributed by atoms with E-state index in [-0.39, 0.29) is 13.2 Å². The van der Waals surface area contributed by atoms with E-state index in [9.17, 15) is 4.79 Å². The maximum atomic E-state index is 11.7. The van der Waals surface area contributed by atoms with E-state index in [0.29, 0.717) is 11.4 Å². The van der Waals surface area contributed by atoms with Gasteiger partial charge in [-0.25, -0.2) is 0 Å². The Morgan fingerprint density at radius 1 is 0.941 bits per heavy atom. The normalized spacial score (nSPS) is 8.41. The third-order valence-electron chi connectivity index (χ3n) is 1.80. The van der Waals surface area contributed by atoms with Crippen LogP contribution in [0.5, 0.6) is 0 Å². The van der Waals surface area contributed by atoms with Crippen LogP contribution in [0.1, 0.15) is 16.2 Å². The summed E-state index contributed by atoms with van der Waals surface area (Å²) in [6.45, 7) is 0. The van der Waals surface area contributed by atoms with Gasteiger partial charge in [0, 0.05) is 12.4 Å². The second-order valence-corrected chi connectivity index (χ2v) is 2.76. The number of carbonyl (C=O) groups is 1. The molecule has 0 aliphatic rings. The van der Waals surface area contributed by atoms with E-state index >= 15 is 0 Å². The Morgan fingerprint density at radius 2 is 1.35 bits per heavy atom. The average molecular weight is 341 g/mol. The Labute approximate surface area is 116 Å². The third-order valence-corrected chi connectivity index (χ3v) is 1.80. The molecule has 5 heteroatoms. The molecule has 0 radical (unpaired) electrons. The molecule has 2 aromatic rings. The van der Waals surface area contributed by atoms with Gasteiger partial charge in [0.25, 0.3) is 0 Å². The number of hydrogen-bond donors (Lipinski definition) is 0. The fraction of sp³-hybridized carbons (Fsp3) is 0. The Kier molecular flexibility index (Phi) is 8.43. The molecule has 0 amide bonds. The predicted molar refractivity (Wildman–Crippen MR) is 64.2 cm³/mol. The molecular weight excluding hydrogens is 330 g/mol. The molecule has 2 aromatic heterocycles. The van der Waals surface area contributed by atoms with E-state index in [0.717, 1.165) is 0 Å². The number of nitrogens with zero attached hydrogens (tertiary/aromatic N) is 2. The van der Waals surface area contributed by atoms with Crippen molar-refractivity contribution in [2.45, 2.75) is 0 Å². The van der Waals surface area contributed by atoms with Gasteiger partial charge in [0.1, 0.15) is 11.4 Å². The summed E-state index contributed by atoms with van der Waals surface area (Å²) < 4.78 is 0. The molecule has 0 aliphatic carbocycles. The molecule has 0 fully saturated rings. The van der Waals surface area contributed by atoms with Crippen molar-refractivity contribution >= 4 is 15.3 Å². The number of rotatable bonds is 2. The van der Waals surface area contributed by atoms with E-state index in [1.807, 2.05) is 0 Å². The van der Waals surface area contributed by atoms with Crippen LogP contribution < -0.4 is 0 Å². The number of ketones is 1. The van der Waals surface area contributed by atoms with Crippen molar-refractivity contribution < 1.29 is 23.0 Å². The van der Waals surface area contributed by atoms with Crippen LogP contribution in [-0.2, 0) is 18.2 Å². The third kappa shape index (κ3) is 4.74. The SMILES string of the molecule is O=C(c1ccccn1)c1ccccn1.[CH3-].[Cl][Pd+]. The summed E-state index contributed by atoms with van der Waals surface area (Å²) >= 11 is 2.22. The molecule has 0 aliphatic heterocycles. The van der Waals surface area contributed by atoms with Crippen molar-refractivity contribution in [1.29, 1.82) is 0 Å². The predicted octanol–water partition coefficient (Wildman–Crippen LogP) is 2.84. The zero-order valence-electron chi connectivity index (χ0n) is 9.12. The van der Waals surface area contributed by atoms with Gasteiger partial charge in [0.2, 0.25) is 5.78 Å². The molecule has 0 saturated heterocycles. The molecule has 0 spiro atoms. The quantitative estimate of drug-likeness (QED) is 0.479. The summed E-state index contributed by atoms with van der Waals surface area (Å²) in [5.74, 6) is -0.147. The summed E-state index contributed by atoms with van der Waals surface area (Å²) in [6, 6.07) is 10.5. The first-order valence-electron chi connectivity index (χ1n) is 4.36. The zero-order valence-corrected chi connectivity index (χ0v) is 11.4. The van der Waals surface area contributed by atoms with E-state index in [4.69, 9.17) is 0 Å². The van der Waals surface area contributed by atoms with Crippen LogP contribution in [-0.4, -0.2) is 15.8 Å². The van der Waals surface area contributed by atoms with Gasteiger partial charge in [0.15, 0.2) is 0 Å². The minimum absolute atomic E-state index is 0. The number of carbonyl (C=O) groups excluding carboxylic acids is 1. The molecule has 0 saturated carbocycles. The van der Waals surface area contributed by atoms with Gasteiger partial charge in [-0.15, -0.1) is 0 Å². The van der Waals surface area contributed by atoms with Crippen LogP contribution in [0.2, 0.25) is 0 Å². The molecule has 0 aromatic carbocycles. The van der Waals surface area contributed by atoms with Crippen LogP contribution in [0.4, 0.5) is 0 Å². The first-order chi connectivity index (χ1) is 7.88. The minimum atomic E-state index is -0.147. The van der Waals surface area contributed by atoms with Gasteiger partial charge in [0.05, 0.1) is 0 Å². The van der Waals surface area contributed by atoms with E-state index < -0.39 is 0 Å². The number of aromatic nitrogens is 2. The van der Waals surface area contributed by atoms with Crippen LogP contribution in [0.15, 0.2) is 48.8 Å². The first kappa shape index (κ1) is 15.9. The molecule has 0 unspecified atom stereocenters. The van der Waals surface area contributed by atoms with Crippen molar-refractivity contribution in [3.05, 3.63) is 67.6 Å². The fourth-order valence-electron chi connectivity index (χ4n) is 1.13. The van der Waals surface area contributed by atoms with Crippen molar-refractivity contribution in [1.82, 2.24) is 9.97 Å². The molecule has 2 heterocycles. The zero-order chi connectivity index (χ0) is 11.8. The molecule has 92 valence electrons. The topological polar surface area (TPSA) is 42.9 Å². The molecule has 0 bridgehead atoms. The van der Waals surface area contributed by atoms with Crippen molar-refractivity contribution in [2.24, 2.45) is 0 Å². The van der Waals surface area contributed by atoms with Crippen LogP contribution in [0.3, 0.4) is 0 Å².